The standard InChI is InChI=1S/C13H19N3O4S.ClH/c1-9-5-10(2)13(6-12(9)16(17)18)21(19,20)15-4-3-11(7-14)8-15;/h5-6,11H,3-4,7-8,14H2,1-2H3;1H. The van der Waals surface area contributed by atoms with E-state index in [4.69, 9.17) is 5.73 Å². The molecule has 1 saturated heterocycles. The summed E-state index contributed by atoms with van der Waals surface area (Å²) in [6.45, 7) is 4.48. The van der Waals surface area contributed by atoms with Gasteiger partial charge in [-0.2, -0.15) is 4.31 Å². The van der Waals surface area contributed by atoms with Crippen LogP contribution in [0.15, 0.2) is 17.0 Å². The van der Waals surface area contributed by atoms with Crippen LogP contribution in [0.4, 0.5) is 5.69 Å². The molecule has 1 heterocycles. The van der Waals surface area contributed by atoms with E-state index in [2.05, 4.69) is 0 Å². The van der Waals surface area contributed by atoms with Gasteiger partial charge in [-0.25, -0.2) is 8.42 Å². The minimum absolute atomic E-state index is 0. The molecule has 124 valence electrons. The van der Waals surface area contributed by atoms with Crippen molar-refractivity contribution in [3.05, 3.63) is 33.4 Å². The summed E-state index contributed by atoms with van der Waals surface area (Å²) in [5.41, 5.74) is 6.39. The average molecular weight is 350 g/mol. The minimum Gasteiger partial charge on any atom is -0.330 e. The van der Waals surface area contributed by atoms with Crippen molar-refractivity contribution in [2.75, 3.05) is 19.6 Å². The largest absolute Gasteiger partial charge is 0.330 e. The molecule has 1 aliphatic heterocycles. The number of halogens is 1. The molecule has 0 bridgehead atoms. The molecule has 1 aromatic carbocycles. The van der Waals surface area contributed by atoms with Gasteiger partial charge < -0.3 is 5.73 Å². The zero-order valence-corrected chi connectivity index (χ0v) is 14.1. The normalized spacial score (nSPS) is 19.0. The number of nitro benzene ring substituents is 1. The van der Waals surface area contributed by atoms with Crippen LogP contribution in [0.2, 0.25) is 0 Å². The highest BCUT2D eigenvalue weighted by molar-refractivity contribution is 7.89. The van der Waals surface area contributed by atoms with Gasteiger partial charge in [-0.1, -0.05) is 0 Å². The predicted octanol–water partition coefficient (Wildman–Crippen LogP) is 1.60. The third kappa shape index (κ3) is 3.40. The second-order valence-corrected chi connectivity index (χ2v) is 7.32. The van der Waals surface area contributed by atoms with Crippen molar-refractivity contribution in [2.45, 2.75) is 25.2 Å². The monoisotopic (exact) mass is 349 g/mol. The zero-order chi connectivity index (χ0) is 15.8. The van der Waals surface area contributed by atoms with Crippen molar-refractivity contribution < 1.29 is 13.3 Å². The molecule has 22 heavy (non-hydrogen) atoms. The molecule has 0 saturated carbocycles. The first-order valence-electron chi connectivity index (χ1n) is 6.73. The van der Waals surface area contributed by atoms with Crippen LogP contribution < -0.4 is 5.73 Å². The van der Waals surface area contributed by atoms with E-state index in [0.29, 0.717) is 30.8 Å². The van der Waals surface area contributed by atoms with Gasteiger partial charge in [0, 0.05) is 24.7 Å². The summed E-state index contributed by atoms with van der Waals surface area (Å²) in [6, 6.07) is 2.71. The summed E-state index contributed by atoms with van der Waals surface area (Å²) >= 11 is 0. The maximum atomic E-state index is 12.7. The van der Waals surface area contributed by atoms with Gasteiger partial charge in [0.05, 0.1) is 9.82 Å². The summed E-state index contributed by atoms with van der Waals surface area (Å²) in [6.07, 6.45) is 0.725. The first-order chi connectivity index (χ1) is 9.77. The Morgan fingerprint density at radius 1 is 1.36 bits per heavy atom. The van der Waals surface area contributed by atoms with Gasteiger partial charge >= 0.3 is 0 Å². The smallest absolute Gasteiger partial charge is 0.273 e. The number of benzene rings is 1. The van der Waals surface area contributed by atoms with Crippen molar-refractivity contribution in [1.29, 1.82) is 0 Å². The Balaban J connectivity index is 0.00000242. The van der Waals surface area contributed by atoms with Crippen LogP contribution in [0.1, 0.15) is 17.5 Å². The number of hydrogen-bond acceptors (Lipinski definition) is 5. The van der Waals surface area contributed by atoms with E-state index in [-0.39, 0.29) is 28.9 Å². The first-order valence-corrected chi connectivity index (χ1v) is 8.17. The lowest BCUT2D eigenvalue weighted by Gasteiger charge is -2.18. The SMILES string of the molecule is Cc1cc(C)c(S(=O)(=O)N2CCC(CN)C2)cc1[N+](=O)[O-].Cl. The highest BCUT2D eigenvalue weighted by atomic mass is 35.5. The Bertz CT molecular complexity index is 678. The van der Waals surface area contributed by atoms with Crippen molar-refractivity contribution >= 4 is 28.1 Å². The van der Waals surface area contributed by atoms with Crippen molar-refractivity contribution in [2.24, 2.45) is 11.7 Å². The molecule has 1 aromatic rings. The number of nitro groups is 1. The summed E-state index contributed by atoms with van der Waals surface area (Å²) < 4.78 is 26.7. The van der Waals surface area contributed by atoms with Crippen LogP contribution >= 0.6 is 12.4 Å². The maximum Gasteiger partial charge on any atom is 0.273 e. The number of rotatable bonds is 4. The van der Waals surface area contributed by atoms with Crippen LogP contribution in [-0.4, -0.2) is 37.3 Å². The van der Waals surface area contributed by atoms with Gasteiger partial charge in [-0.15, -0.1) is 12.4 Å². The number of aryl methyl sites for hydroxylation is 2. The molecule has 0 aliphatic carbocycles. The van der Waals surface area contributed by atoms with E-state index >= 15 is 0 Å². The fourth-order valence-corrected chi connectivity index (χ4v) is 4.40. The zero-order valence-electron chi connectivity index (χ0n) is 12.5. The molecule has 9 heteroatoms. The lowest BCUT2D eigenvalue weighted by atomic mass is 10.1. The van der Waals surface area contributed by atoms with Crippen LogP contribution in [-0.2, 0) is 10.0 Å². The topological polar surface area (TPSA) is 107 Å². The summed E-state index contributed by atoms with van der Waals surface area (Å²) in [5, 5.41) is 11.0. The van der Waals surface area contributed by atoms with Crippen molar-refractivity contribution in [3.8, 4) is 0 Å². The fraction of sp³-hybridized carbons (Fsp3) is 0.538. The van der Waals surface area contributed by atoms with Crippen LogP contribution in [0.3, 0.4) is 0 Å². The number of hydrogen-bond donors (Lipinski definition) is 1. The lowest BCUT2D eigenvalue weighted by molar-refractivity contribution is -0.385. The molecule has 2 N–H and O–H groups in total. The molecule has 0 radical (unpaired) electrons. The van der Waals surface area contributed by atoms with E-state index in [1.807, 2.05) is 0 Å². The van der Waals surface area contributed by atoms with Gasteiger partial charge in [0.25, 0.3) is 5.69 Å². The van der Waals surface area contributed by atoms with Crippen molar-refractivity contribution in [3.63, 3.8) is 0 Å². The maximum absolute atomic E-state index is 12.7. The van der Waals surface area contributed by atoms with Crippen LogP contribution in [0, 0.1) is 29.9 Å². The Morgan fingerprint density at radius 3 is 2.50 bits per heavy atom. The molecule has 0 spiro atoms. The fourth-order valence-electron chi connectivity index (χ4n) is 2.64. The molecule has 1 fully saturated rings. The first kappa shape index (κ1) is 18.8. The number of nitrogens with two attached hydrogens (primary N) is 1. The quantitative estimate of drug-likeness (QED) is 0.656. The molecular weight excluding hydrogens is 330 g/mol. The summed E-state index contributed by atoms with van der Waals surface area (Å²) in [5.74, 6) is 0.153. The molecule has 0 aromatic heterocycles. The second kappa shape index (κ2) is 6.91. The molecule has 1 aliphatic rings. The van der Waals surface area contributed by atoms with E-state index in [1.165, 1.54) is 4.31 Å². The summed E-state index contributed by atoms with van der Waals surface area (Å²) in [4.78, 5) is 10.5. The average Bonchev–Trinajstić information content (AvgIpc) is 2.87. The van der Waals surface area contributed by atoms with Gasteiger partial charge in [0.15, 0.2) is 0 Å². The number of sulfonamides is 1. The van der Waals surface area contributed by atoms with E-state index in [0.717, 1.165) is 12.5 Å². The Hall–Kier alpha value is -1.22. The molecule has 0 amide bonds. The molecule has 2 rings (SSSR count). The van der Waals surface area contributed by atoms with Gasteiger partial charge in [0.1, 0.15) is 0 Å². The summed E-state index contributed by atoms with van der Waals surface area (Å²) in [7, 11) is -3.71. The van der Waals surface area contributed by atoms with Gasteiger partial charge in [-0.3, -0.25) is 10.1 Å². The van der Waals surface area contributed by atoms with Crippen molar-refractivity contribution in [1.82, 2.24) is 4.31 Å². The van der Waals surface area contributed by atoms with E-state index in [1.54, 1.807) is 19.9 Å². The van der Waals surface area contributed by atoms with Crippen LogP contribution in [0.5, 0.6) is 0 Å². The van der Waals surface area contributed by atoms with Gasteiger partial charge in [0.2, 0.25) is 10.0 Å². The van der Waals surface area contributed by atoms with E-state index < -0.39 is 14.9 Å². The highest BCUT2D eigenvalue weighted by Gasteiger charge is 2.34. The number of nitrogens with zero attached hydrogens (tertiary/aromatic N) is 2. The van der Waals surface area contributed by atoms with Gasteiger partial charge in [-0.05, 0) is 44.4 Å². The lowest BCUT2D eigenvalue weighted by Crippen LogP contribution is -2.30. The third-order valence-electron chi connectivity index (χ3n) is 3.89. The molecular formula is C13H20ClN3O4S. The second-order valence-electron chi connectivity index (χ2n) is 5.41. The predicted molar refractivity (Wildman–Crippen MR) is 85.7 cm³/mol. The molecule has 1 unspecified atom stereocenters. The Morgan fingerprint density at radius 2 is 2.00 bits per heavy atom. The van der Waals surface area contributed by atoms with E-state index in [9.17, 15) is 18.5 Å². The van der Waals surface area contributed by atoms with Crippen LogP contribution in [0.25, 0.3) is 0 Å². The Kier molecular flexibility index (Phi) is 5.91. The Labute approximate surface area is 136 Å². The third-order valence-corrected chi connectivity index (χ3v) is 5.90. The molecule has 1 atom stereocenters. The highest BCUT2D eigenvalue weighted by Crippen LogP contribution is 2.30. The minimum atomic E-state index is -3.71. The molecule has 7 nitrogen and oxygen atoms in total.